The number of carbonyl (C=O) groups excluding carboxylic acids is 1. The first-order valence-corrected chi connectivity index (χ1v) is 8.46. The first-order chi connectivity index (χ1) is 11.7. The number of amides is 1. The predicted molar refractivity (Wildman–Crippen MR) is 90.7 cm³/mol. The van der Waals surface area contributed by atoms with Crippen molar-refractivity contribution in [1.82, 2.24) is 4.90 Å². The number of nitrogens with one attached hydrogen (secondary N) is 2. The van der Waals surface area contributed by atoms with Crippen molar-refractivity contribution in [3.63, 3.8) is 0 Å². The highest BCUT2D eigenvalue weighted by Gasteiger charge is 2.24. The molecular formula is C19H25N3O2+2. The fourth-order valence-electron chi connectivity index (χ4n) is 2.95. The van der Waals surface area contributed by atoms with Crippen molar-refractivity contribution in [3.8, 4) is 5.75 Å². The summed E-state index contributed by atoms with van der Waals surface area (Å²) in [5.41, 5.74) is 2.48. The van der Waals surface area contributed by atoms with Crippen LogP contribution in [0.25, 0.3) is 0 Å². The summed E-state index contributed by atoms with van der Waals surface area (Å²) in [7, 11) is 0. The number of aromatic nitrogens is 1. The zero-order chi connectivity index (χ0) is 16.8. The fourth-order valence-corrected chi connectivity index (χ4v) is 2.95. The van der Waals surface area contributed by atoms with Crippen LogP contribution in [0.2, 0.25) is 0 Å². The Kier molecular flexibility index (Phi) is 5.43. The zero-order valence-corrected chi connectivity index (χ0v) is 14.1. The molecule has 2 aromatic rings. The Balaban J connectivity index is 1.42. The second kappa shape index (κ2) is 7.93. The number of ether oxygens (including phenoxy) is 1. The number of hydrogen-bond acceptors (Lipinski definition) is 2. The van der Waals surface area contributed by atoms with Gasteiger partial charge in [-0.1, -0.05) is 17.7 Å². The normalized spacial score (nSPS) is 15.3. The van der Waals surface area contributed by atoms with Crippen molar-refractivity contribution in [3.05, 3.63) is 59.9 Å². The van der Waals surface area contributed by atoms with Crippen LogP contribution in [0.1, 0.15) is 11.1 Å². The lowest BCUT2D eigenvalue weighted by Gasteiger charge is -2.32. The molecule has 0 radical (unpaired) electrons. The van der Waals surface area contributed by atoms with Crippen LogP contribution in [0.3, 0.4) is 0 Å². The van der Waals surface area contributed by atoms with Gasteiger partial charge in [-0.25, -0.2) is 4.98 Å². The number of hydrogen-bond donors (Lipinski definition) is 1. The summed E-state index contributed by atoms with van der Waals surface area (Å²) in [5.74, 6) is 0.821. The number of aromatic amines is 1. The first-order valence-electron chi connectivity index (χ1n) is 8.46. The lowest BCUT2D eigenvalue weighted by molar-refractivity contribution is -0.917. The van der Waals surface area contributed by atoms with Gasteiger partial charge in [0.1, 0.15) is 12.3 Å². The second-order valence-electron chi connectivity index (χ2n) is 6.32. The molecular weight excluding hydrogens is 302 g/mol. The maximum Gasteiger partial charge on any atom is 0.260 e. The minimum absolute atomic E-state index is 0.0719. The third-order valence-corrected chi connectivity index (χ3v) is 4.43. The Hall–Kier alpha value is -2.40. The maximum atomic E-state index is 12.3. The highest BCUT2D eigenvalue weighted by molar-refractivity contribution is 5.77. The smallest absolute Gasteiger partial charge is 0.260 e. The number of H-pyrrole nitrogens is 1. The Morgan fingerprint density at radius 3 is 2.62 bits per heavy atom. The quantitative estimate of drug-likeness (QED) is 0.848. The molecule has 0 unspecified atom stereocenters. The molecule has 5 heteroatoms. The number of nitrogens with zero attached hydrogens (tertiary/aromatic N) is 1. The largest absolute Gasteiger partial charge is 0.484 e. The standard InChI is InChI=1S/C19H23N3O2/c1-16-4-6-18(7-5-16)24-15-19(23)22-11-9-21(10-12-22)14-17-3-2-8-20-13-17/h2-8,13H,9-12,14-15H2,1H3/p+2. The van der Waals surface area contributed by atoms with Crippen molar-refractivity contribution in [2.75, 3.05) is 32.8 Å². The van der Waals surface area contributed by atoms with Crippen LogP contribution in [0.4, 0.5) is 0 Å². The van der Waals surface area contributed by atoms with Crippen LogP contribution in [0, 0.1) is 6.92 Å². The van der Waals surface area contributed by atoms with Gasteiger partial charge >= 0.3 is 0 Å². The fraction of sp³-hybridized carbons (Fsp3) is 0.368. The van der Waals surface area contributed by atoms with Crippen molar-refractivity contribution < 1.29 is 19.4 Å². The Morgan fingerprint density at radius 2 is 1.96 bits per heavy atom. The summed E-state index contributed by atoms with van der Waals surface area (Å²) in [6, 6.07) is 11.9. The minimum atomic E-state index is 0.0719. The Morgan fingerprint density at radius 1 is 1.21 bits per heavy atom. The van der Waals surface area contributed by atoms with Gasteiger partial charge in [0.05, 0.1) is 31.7 Å². The van der Waals surface area contributed by atoms with Gasteiger partial charge in [-0.2, -0.15) is 0 Å². The molecule has 1 aromatic heterocycles. The number of pyridine rings is 1. The van der Waals surface area contributed by atoms with E-state index in [1.54, 1.807) is 0 Å². The van der Waals surface area contributed by atoms with E-state index < -0.39 is 0 Å². The van der Waals surface area contributed by atoms with E-state index in [4.69, 9.17) is 4.74 Å². The van der Waals surface area contributed by atoms with Crippen LogP contribution in [0.15, 0.2) is 48.8 Å². The molecule has 5 nitrogen and oxygen atoms in total. The molecule has 3 rings (SSSR count). The molecule has 1 aliphatic rings. The summed E-state index contributed by atoms with van der Waals surface area (Å²) in [6.45, 7) is 6.69. The second-order valence-corrected chi connectivity index (χ2v) is 6.32. The minimum Gasteiger partial charge on any atom is -0.484 e. The average molecular weight is 327 g/mol. The molecule has 2 N–H and O–H groups in total. The number of carbonyl (C=O) groups is 1. The Bertz CT molecular complexity index is 650. The zero-order valence-electron chi connectivity index (χ0n) is 14.1. The summed E-state index contributed by atoms with van der Waals surface area (Å²) >= 11 is 0. The topological polar surface area (TPSA) is 48.1 Å². The van der Waals surface area contributed by atoms with E-state index in [0.29, 0.717) is 0 Å². The third-order valence-electron chi connectivity index (χ3n) is 4.43. The van der Waals surface area contributed by atoms with Crippen LogP contribution >= 0.6 is 0 Å². The molecule has 1 aromatic carbocycles. The monoisotopic (exact) mass is 327 g/mol. The SMILES string of the molecule is Cc1ccc(OCC(=O)N2CC[NH+](Cc3ccc[nH+]c3)CC2)cc1. The molecule has 0 atom stereocenters. The summed E-state index contributed by atoms with van der Waals surface area (Å²) < 4.78 is 5.60. The molecule has 0 bridgehead atoms. The van der Waals surface area contributed by atoms with Crippen molar-refractivity contribution in [2.45, 2.75) is 13.5 Å². The molecule has 24 heavy (non-hydrogen) atoms. The lowest BCUT2D eigenvalue weighted by atomic mass is 10.2. The van der Waals surface area contributed by atoms with Crippen LogP contribution in [0.5, 0.6) is 5.75 Å². The van der Waals surface area contributed by atoms with E-state index in [1.165, 1.54) is 16.0 Å². The molecule has 1 fully saturated rings. The molecule has 2 heterocycles. The molecule has 126 valence electrons. The number of quaternary nitrogens is 1. The molecule has 0 spiro atoms. The van der Waals surface area contributed by atoms with Gasteiger partial charge < -0.3 is 14.5 Å². The van der Waals surface area contributed by atoms with Gasteiger partial charge in [0.15, 0.2) is 19.0 Å². The number of benzene rings is 1. The highest BCUT2D eigenvalue weighted by atomic mass is 16.5. The number of piperazine rings is 1. The van der Waals surface area contributed by atoms with Crippen LogP contribution in [-0.2, 0) is 11.3 Å². The summed E-state index contributed by atoms with van der Waals surface area (Å²) in [6.07, 6.45) is 3.96. The van der Waals surface area contributed by atoms with Gasteiger partial charge in [-0.3, -0.25) is 4.79 Å². The predicted octanol–water partition coefficient (Wildman–Crippen LogP) is 0.115. The summed E-state index contributed by atoms with van der Waals surface area (Å²) in [5, 5.41) is 0. The van der Waals surface area contributed by atoms with E-state index in [0.717, 1.165) is 38.5 Å². The van der Waals surface area contributed by atoms with E-state index in [9.17, 15) is 4.79 Å². The van der Waals surface area contributed by atoms with Crippen LogP contribution < -0.4 is 14.6 Å². The lowest BCUT2D eigenvalue weighted by Crippen LogP contribution is -3.13. The third kappa shape index (κ3) is 4.55. The van der Waals surface area contributed by atoms with E-state index >= 15 is 0 Å². The van der Waals surface area contributed by atoms with Gasteiger partial charge in [-0.05, 0) is 25.1 Å². The van der Waals surface area contributed by atoms with Crippen molar-refractivity contribution >= 4 is 5.91 Å². The maximum absolute atomic E-state index is 12.3. The van der Waals surface area contributed by atoms with Gasteiger partial charge in [0.25, 0.3) is 5.91 Å². The average Bonchev–Trinajstić information content (AvgIpc) is 2.62. The number of rotatable bonds is 5. The summed E-state index contributed by atoms with van der Waals surface area (Å²) in [4.78, 5) is 18.8. The van der Waals surface area contributed by atoms with Crippen molar-refractivity contribution in [1.29, 1.82) is 0 Å². The molecule has 1 aliphatic heterocycles. The molecule has 1 saturated heterocycles. The molecule has 0 saturated carbocycles. The van der Waals surface area contributed by atoms with Gasteiger partial charge in [-0.15, -0.1) is 0 Å². The molecule has 0 aliphatic carbocycles. The highest BCUT2D eigenvalue weighted by Crippen LogP contribution is 2.11. The molecule has 1 amide bonds. The van der Waals surface area contributed by atoms with Crippen LogP contribution in [-0.4, -0.2) is 43.6 Å². The van der Waals surface area contributed by atoms with Gasteiger partial charge in [0, 0.05) is 6.07 Å². The van der Waals surface area contributed by atoms with E-state index in [2.05, 4.69) is 11.1 Å². The first kappa shape index (κ1) is 16.5. The number of aryl methyl sites for hydroxylation is 1. The Labute approximate surface area is 142 Å². The van der Waals surface area contributed by atoms with Crippen molar-refractivity contribution in [2.24, 2.45) is 0 Å². The van der Waals surface area contributed by atoms with E-state index in [1.807, 2.05) is 54.5 Å². The van der Waals surface area contributed by atoms with Gasteiger partial charge in [0.2, 0.25) is 0 Å². The van der Waals surface area contributed by atoms with E-state index in [-0.39, 0.29) is 12.5 Å².